The summed E-state index contributed by atoms with van der Waals surface area (Å²) in [6.45, 7) is 4.00. The molecule has 0 unspecified atom stereocenters. The summed E-state index contributed by atoms with van der Waals surface area (Å²) in [7, 11) is 0. The van der Waals surface area contributed by atoms with Gasteiger partial charge in [0.1, 0.15) is 11.4 Å². The number of amides is 1. The van der Waals surface area contributed by atoms with Gasteiger partial charge in [-0.25, -0.2) is 4.99 Å². The molecule has 158 valence electrons. The number of pyridine rings is 1. The fraction of sp³-hybridized carbons (Fsp3) is 0.0909. The second-order valence-electron chi connectivity index (χ2n) is 5.97. The number of nitrogens with two attached hydrogens (primary N) is 1. The van der Waals surface area contributed by atoms with Gasteiger partial charge in [-0.3, -0.25) is 14.9 Å². The first-order valence-electron chi connectivity index (χ1n) is 9.56. The summed E-state index contributed by atoms with van der Waals surface area (Å²) < 4.78 is 0. The number of nitrogens with one attached hydrogen (secondary N) is 2. The van der Waals surface area contributed by atoms with E-state index in [9.17, 15) is 4.79 Å². The monoisotopic (exact) mass is 452 g/mol. The van der Waals surface area contributed by atoms with E-state index in [4.69, 9.17) is 17.3 Å². The maximum Gasteiger partial charge on any atom is 0.256 e. The van der Waals surface area contributed by atoms with E-state index in [0.29, 0.717) is 16.5 Å². The summed E-state index contributed by atoms with van der Waals surface area (Å²) in [5, 5.41) is 10.5. The lowest BCUT2D eigenvalue weighted by Gasteiger charge is -2.05. The van der Waals surface area contributed by atoms with E-state index < -0.39 is 5.91 Å². The minimum absolute atomic E-state index is 0.169. The Kier molecular flexibility index (Phi) is 7.53. The smallest absolute Gasteiger partial charge is 0.256 e. The van der Waals surface area contributed by atoms with Crippen molar-refractivity contribution in [1.29, 1.82) is 0 Å². The molecule has 4 N–H and O–H groups in total. The number of nitrogens with zero attached hydrogens (tertiary/aromatic N) is 3. The van der Waals surface area contributed by atoms with Crippen LogP contribution in [0.5, 0.6) is 0 Å². The number of halogens is 1. The van der Waals surface area contributed by atoms with E-state index in [0.717, 1.165) is 15.4 Å². The number of benzene rings is 1. The van der Waals surface area contributed by atoms with Crippen LogP contribution in [0.3, 0.4) is 0 Å². The van der Waals surface area contributed by atoms with E-state index in [1.807, 2.05) is 50.2 Å². The van der Waals surface area contributed by atoms with Crippen LogP contribution in [-0.4, -0.2) is 27.3 Å². The summed E-state index contributed by atoms with van der Waals surface area (Å²) in [4.78, 5) is 22.6. The molecular weight excluding hydrogens is 432 g/mol. The van der Waals surface area contributed by atoms with E-state index in [1.165, 1.54) is 11.3 Å². The topological polar surface area (TPSA) is 109 Å². The number of hydrogen-bond acceptors (Lipinski definition) is 6. The van der Waals surface area contributed by atoms with Gasteiger partial charge >= 0.3 is 0 Å². The van der Waals surface area contributed by atoms with E-state index in [-0.39, 0.29) is 11.4 Å². The Morgan fingerprint density at radius 2 is 2.03 bits per heavy atom. The quantitative estimate of drug-likeness (QED) is 0.321. The number of rotatable bonds is 6. The van der Waals surface area contributed by atoms with Gasteiger partial charge in [0.15, 0.2) is 5.82 Å². The predicted octanol–water partition coefficient (Wildman–Crippen LogP) is 5.81. The lowest BCUT2D eigenvalue weighted by atomic mass is 10.2. The van der Waals surface area contributed by atoms with Gasteiger partial charge in [-0.05, 0) is 42.5 Å². The molecule has 3 aromatic heterocycles. The molecule has 0 radical (unpaired) electrons. The molecule has 0 aliphatic rings. The van der Waals surface area contributed by atoms with Crippen LogP contribution in [0.1, 0.15) is 29.1 Å². The first-order valence-corrected chi connectivity index (χ1v) is 10.8. The third-order valence-electron chi connectivity index (χ3n) is 3.95. The maximum absolute atomic E-state index is 12.0. The standard InChI is InChI=1S/C20H15ClN6OS.C2H6/c21-12-4-3-5-13(10-12)25-20-17(18(22)28)19(26-27-20)24-11-14-7-8-16(29-14)15-6-1-2-9-23-15;1-2/h1-11H,(H2,22,28)(H2,25,26,27);1-2H3. The summed E-state index contributed by atoms with van der Waals surface area (Å²) in [5.74, 6) is -0.0853. The fourth-order valence-corrected chi connectivity index (χ4v) is 3.70. The Hall–Kier alpha value is -3.49. The normalized spacial score (nSPS) is 10.5. The molecule has 7 nitrogen and oxygen atoms in total. The number of primary amides is 1. The molecule has 9 heteroatoms. The molecule has 0 spiro atoms. The summed E-state index contributed by atoms with van der Waals surface area (Å²) >= 11 is 7.53. The highest BCUT2D eigenvalue weighted by molar-refractivity contribution is 7.17. The molecule has 1 aromatic carbocycles. The van der Waals surface area contributed by atoms with E-state index in [2.05, 4.69) is 25.5 Å². The second-order valence-corrected chi connectivity index (χ2v) is 7.52. The zero-order valence-corrected chi connectivity index (χ0v) is 18.5. The molecule has 3 heterocycles. The SMILES string of the molecule is CC.NC(=O)c1c(N=Cc2ccc(-c3ccccn3)s2)n[nH]c1Nc1cccc(Cl)c1. The predicted molar refractivity (Wildman–Crippen MR) is 128 cm³/mol. The number of thiophene rings is 1. The van der Waals surface area contributed by atoms with Crippen LogP contribution in [0.2, 0.25) is 5.02 Å². The Morgan fingerprint density at radius 3 is 2.74 bits per heavy atom. The van der Waals surface area contributed by atoms with Crippen molar-refractivity contribution in [3.05, 3.63) is 76.3 Å². The molecule has 4 aromatic rings. The van der Waals surface area contributed by atoms with Crippen molar-refractivity contribution in [2.45, 2.75) is 13.8 Å². The van der Waals surface area contributed by atoms with Gasteiger partial charge in [-0.1, -0.05) is 37.6 Å². The average Bonchev–Trinajstić information content (AvgIpc) is 3.41. The number of aromatic nitrogens is 3. The number of hydrogen-bond donors (Lipinski definition) is 3. The Balaban J connectivity index is 0.00000132. The number of H-pyrrole nitrogens is 1. The number of carbonyl (C=O) groups excluding carboxylic acids is 1. The third kappa shape index (κ3) is 5.56. The van der Waals surface area contributed by atoms with Crippen LogP contribution in [0.25, 0.3) is 10.6 Å². The molecule has 0 fully saturated rings. The molecule has 31 heavy (non-hydrogen) atoms. The summed E-state index contributed by atoms with van der Waals surface area (Å²) in [5.41, 5.74) is 7.30. The number of aromatic amines is 1. The van der Waals surface area contributed by atoms with Gasteiger partial charge in [0.2, 0.25) is 0 Å². The third-order valence-corrected chi connectivity index (χ3v) is 5.22. The highest BCUT2D eigenvalue weighted by Gasteiger charge is 2.18. The van der Waals surface area contributed by atoms with Crippen molar-refractivity contribution in [2.75, 3.05) is 5.32 Å². The zero-order valence-electron chi connectivity index (χ0n) is 17.0. The van der Waals surface area contributed by atoms with Gasteiger partial charge < -0.3 is 11.1 Å². The molecular formula is C22H21ClN6OS. The van der Waals surface area contributed by atoms with Gasteiger partial charge in [-0.15, -0.1) is 11.3 Å². The highest BCUT2D eigenvalue weighted by atomic mass is 35.5. The molecule has 0 bridgehead atoms. The minimum atomic E-state index is -0.643. The summed E-state index contributed by atoms with van der Waals surface area (Å²) in [6.07, 6.45) is 3.39. The first kappa shape index (κ1) is 22.2. The van der Waals surface area contributed by atoms with Crippen molar-refractivity contribution in [3.63, 3.8) is 0 Å². The van der Waals surface area contributed by atoms with Crippen molar-refractivity contribution in [3.8, 4) is 10.6 Å². The van der Waals surface area contributed by atoms with Crippen molar-refractivity contribution >= 4 is 52.4 Å². The van der Waals surface area contributed by atoms with Crippen LogP contribution in [0, 0.1) is 0 Å². The molecule has 1 amide bonds. The van der Waals surface area contributed by atoms with E-state index >= 15 is 0 Å². The molecule has 0 aliphatic heterocycles. The van der Waals surface area contributed by atoms with Crippen LogP contribution < -0.4 is 11.1 Å². The second kappa shape index (κ2) is 10.5. The van der Waals surface area contributed by atoms with Crippen LogP contribution in [0.4, 0.5) is 17.3 Å². The van der Waals surface area contributed by atoms with Crippen LogP contribution in [0.15, 0.2) is 65.8 Å². The number of carbonyl (C=O) groups is 1. The van der Waals surface area contributed by atoms with Crippen LogP contribution in [-0.2, 0) is 0 Å². The molecule has 0 aliphatic carbocycles. The first-order chi connectivity index (χ1) is 15.1. The zero-order chi connectivity index (χ0) is 22.2. The number of anilines is 2. The van der Waals surface area contributed by atoms with Crippen molar-refractivity contribution in [2.24, 2.45) is 10.7 Å². The van der Waals surface area contributed by atoms with Gasteiger partial charge in [-0.2, -0.15) is 5.10 Å². The maximum atomic E-state index is 12.0. The summed E-state index contributed by atoms with van der Waals surface area (Å²) in [6, 6.07) is 16.7. The van der Waals surface area contributed by atoms with Crippen LogP contribution >= 0.6 is 22.9 Å². The Bertz CT molecular complexity index is 1190. The van der Waals surface area contributed by atoms with Gasteiger partial charge in [0.25, 0.3) is 5.91 Å². The largest absolute Gasteiger partial charge is 0.365 e. The average molecular weight is 453 g/mol. The van der Waals surface area contributed by atoms with Crippen molar-refractivity contribution in [1.82, 2.24) is 15.2 Å². The Morgan fingerprint density at radius 1 is 1.19 bits per heavy atom. The minimum Gasteiger partial charge on any atom is -0.365 e. The van der Waals surface area contributed by atoms with Gasteiger partial charge in [0, 0.05) is 28.0 Å². The van der Waals surface area contributed by atoms with Gasteiger partial charge in [0.05, 0.1) is 10.6 Å². The molecule has 0 saturated carbocycles. The molecule has 0 saturated heterocycles. The fourth-order valence-electron chi connectivity index (χ4n) is 2.65. The Labute approximate surface area is 189 Å². The lowest BCUT2D eigenvalue weighted by molar-refractivity contribution is 0.100. The highest BCUT2D eigenvalue weighted by Crippen LogP contribution is 2.29. The number of aliphatic imine (C=N–C) groups is 1. The molecule has 4 rings (SSSR count). The molecule has 0 atom stereocenters. The lowest BCUT2D eigenvalue weighted by Crippen LogP contribution is -2.12. The van der Waals surface area contributed by atoms with Crippen molar-refractivity contribution < 1.29 is 4.79 Å². The van der Waals surface area contributed by atoms with E-state index in [1.54, 1.807) is 30.6 Å².